The van der Waals surface area contributed by atoms with Gasteiger partial charge in [0.05, 0.1) is 12.7 Å². The third kappa shape index (κ3) is 2.31. The molecule has 0 heterocycles. The van der Waals surface area contributed by atoms with E-state index in [2.05, 4.69) is 6.58 Å². The number of Topliss-reactive ketones (excluding diaryl/α,β-unsaturated/α-hetero) is 1. The number of hydrogen-bond acceptors (Lipinski definition) is 3. The molecule has 0 aliphatic rings. The van der Waals surface area contributed by atoms with E-state index < -0.39 is 0 Å². The Hall–Kier alpha value is -1.90. The molecule has 1 aromatic carbocycles. The zero-order valence-corrected chi connectivity index (χ0v) is 8.74. The first-order valence-electron chi connectivity index (χ1n) is 4.43. The fourth-order valence-corrected chi connectivity index (χ4v) is 1.20. The van der Waals surface area contributed by atoms with Gasteiger partial charge < -0.3 is 4.74 Å². The van der Waals surface area contributed by atoms with Gasteiger partial charge in [-0.15, -0.1) is 0 Å². The summed E-state index contributed by atoms with van der Waals surface area (Å²) in [6.07, 6.45) is 0.706. The first-order valence-corrected chi connectivity index (χ1v) is 4.43. The third-order valence-electron chi connectivity index (χ3n) is 1.99. The molecule has 0 fully saturated rings. The van der Waals surface area contributed by atoms with E-state index in [9.17, 15) is 9.59 Å². The lowest BCUT2D eigenvalue weighted by molar-refractivity contribution is 0.103. The van der Waals surface area contributed by atoms with Gasteiger partial charge in [-0.2, -0.15) is 0 Å². The summed E-state index contributed by atoms with van der Waals surface area (Å²) in [5.74, 6) is 0.219. The molecule has 1 rings (SSSR count). The van der Waals surface area contributed by atoms with Gasteiger partial charge in [0.15, 0.2) is 5.78 Å². The largest absolute Gasteiger partial charge is 0.496 e. The Kier molecular flexibility index (Phi) is 3.39. The number of methoxy groups -OCH3 is 1. The highest BCUT2D eigenvalue weighted by Crippen LogP contribution is 2.21. The molecule has 0 radical (unpaired) electrons. The fourth-order valence-electron chi connectivity index (χ4n) is 1.20. The van der Waals surface area contributed by atoms with E-state index in [1.807, 2.05) is 0 Å². The van der Waals surface area contributed by atoms with Gasteiger partial charge in [-0.05, 0) is 24.6 Å². The molecule has 0 unspecified atom stereocenters. The van der Waals surface area contributed by atoms with Crippen LogP contribution in [-0.2, 0) is 0 Å². The summed E-state index contributed by atoms with van der Waals surface area (Å²) in [7, 11) is 1.46. The average molecular weight is 204 g/mol. The van der Waals surface area contributed by atoms with Crippen molar-refractivity contribution in [3.05, 3.63) is 41.5 Å². The molecule has 0 aromatic heterocycles. The molecule has 3 heteroatoms. The number of benzene rings is 1. The van der Waals surface area contributed by atoms with E-state index in [0.717, 1.165) is 0 Å². The van der Waals surface area contributed by atoms with Gasteiger partial charge >= 0.3 is 0 Å². The van der Waals surface area contributed by atoms with Crippen molar-refractivity contribution in [1.29, 1.82) is 0 Å². The maximum atomic E-state index is 11.7. The van der Waals surface area contributed by atoms with Crippen LogP contribution in [0.5, 0.6) is 5.75 Å². The minimum atomic E-state index is -0.177. The molecular formula is C12H12O3. The topological polar surface area (TPSA) is 43.4 Å². The maximum absolute atomic E-state index is 11.7. The van der Waals surface area contributed by atoms with Gasteiger partial charge in [0, 0.05) is 5.56 Å². The van der Waals surface area contributed by atoms with Crippen LogP contribution < -0.4 is 4.74 Å². The number of carbonyl (C=O) groups excluding carboxylic acids is 2. The van der Waals surface area contributed by atoms with E-state index in [1.165, 1.54) is 13.2 Å². The summed E-state index contributed by atoms with van der Waals surface area (Å²) in [6, 6.07) is 4.68. The molecule has 0 aliphatic heterocycles. The van der Waals surface area contributed by atoms with Crippen LogP contribution in [-0.4, -0.2) is 19.2 Å². The Bertz CT molecular complexity index is 419. The van der Waals surface area contributed by atoms with Crippen LogP contribution in [0.25, 0.3) is 0 Å². The molecule has 15 heavy (non-hydrogen) atoms. The van der Waals surface area contributed by atoms with E-state index in [0.29, 0.717) is 28.7 Å². The van der Waals surface area contributed by atoms with Crippen LogP contribution >= 0.6 is 0 Å². The quantitative estimate of drug-likeness (QED) is 0.429. The molecule has 0 bridgehead atoms. The molecule has 0 N–H and O–H groups in total. The molecular weight excluding hydrogens is 192 g/mol. The predicted molar refractivity (Wildman–Crippen MR) is 57.5 cm³/mol. The maximum Gasteiger partial charge on any atom is 0.191 e. The standard InChI is InChI=1S/C12H12O3/c1-8(2)12(14)10-5-4-9(7-13)6-11(10)15-3/h4-7H,1H2,2-3H3. The van der Waals surface area contributed by atoms with Gasteiger partial charge in [-0.1, -0.05) is 12.6 Å². The number of ketones is 1. The number of carbonyl (C=O) groups is 2. The second-order valence-corrected chi connectivity index (χ2v) is 3.19. The van der Waals surface area contributed by atoms with E-state index >= 15 is 0 Å². The molecule has 78 valence electrons. The van der Waals surface area contributed by atoms with Gasteiger partial charge in [0.1, 0.15) is 12.0 Å². The predicted octanol–water partition coefficient (Wildman–Crippen LogP) is 2.27. The molecule has 0 amide bonds. The molecule has 0 spiro atoms. The zero-order valence-electron chi connectivity index (χ0n) is 8.74. The highest BCUT2D eigenvalue weighted by atomic mass is 16.5. The third-order valence-corrected chi connectivity index (χ3v) is 1.99. The number of aldehydes is 1. The van der Waals surface area contributed by atoms with Crippen LogP contribution in [0.4, 0.5) is 0 Å². The van der Waals surface area contributed by atoms with Crippen molar-refractivity contribution in [1.82, 2.24) is 0 Å². The minimum absolute atomic E-state index is 0.177. The van der Waals surface area contributed by atoms with Crippen molar-refractivity contribution in [2.45, 2.75) is 6.92 Å². The highest BCUT2D eigenvalue weighted by Gasteiger charge is 2.12. The van der Waals surface area contributed by atoms with Crippen molar-refractivity contribution in [3.8, 4) is 5.75 Å². The molecule has 1 aromatic rings. The van der Waals surface area contributed by atoms with Crippen molar-refractivity contribution in [3.63, 3.8) is 0 Å². The van der Waals surface area contributed by atoms with Gasteiger partial charge in [0.2, 0.25) is 0 Å². The van der Waals surface area contributed by atoms with Crippen molar-refractivity contribution in [2.24, 2.45) is 0 Å². The molecule has 3 nitrogen and oxygen atoms in total. The van der Waals surface area contributed by atoms with Crippen molar-refractivity contribution in [2.75, 3.05) is 7.11 Å². The Labute approximate surface area is 88.4 Å². The Balaban J connectivity index is 3.24. The molecule has 0 saturated heterocycles. The van der Waals surface area contributed by atoms with Gasteiger partial charge in [-0.25, -0.2) is 0 Å². The first-order chi connectivity index (χ1) is 7.10. The van der Waals surface area contributed by atoms with Crippen LogP contribution in [0.2, 0.25) is 0 Å². The van der Waals surface area contributed by atoms with Crippen molar-refractivity contribution < 1.29 is 14.3 Å². The first kappa shape index (κ1) is 11.2. The normalized spacial score (nSPS) is 9.47. The van der Waals surface area contributed by atoms with Gasteiger partial charge in [0.25, 0.3) is 0 Å². The second kappa shape index (κ2) is 4.55. The minimum Gasteiger partial charge on any atom is -0.496 e. The Morgan fingerprint density at radius 3 is 2.60 bits per heavy atom. The number of hydrogen-bond donors (Lipinski definition) is 0. The lowest BCUT2D eigenvalue weighted by Crippen LogP contribution is -2.03. The van der Waals surface area contributed by atoms with E-state index in [1.54, 1.807) is 19.1 Å². The molecule has 0 aliphatic carbocycles. The second-order valence-electron chi connectivity index (χ2n) is 3.19. The zero-order chi connectivity index (χ0) is 11.4. The Morgan fingerprint density at radius 2 is 2.13 bits per heavy atom. The lowest BCUT2D eigenvalue weighted by Gasteiger charge is -2.07. The van der Waals surface area contributed by atoms with Gasteiger partial charge in [-0.3, -0.25) is 9.59 Å². The van der Waals surface area contributed by atoms with Crippen LogP contribution in [0.1, 0.15) is 27.6 Å². The summed E-state index contributed by atoms with van der Waals surface area (Å²) in [5.41, 5.74) is 1.34. The van der Waals surface area contributed by atoms with E-state index in [4.69, 9.17) is 4.74 Å². The summed E-state index contributed by atoms with van der Waals surface area (Å²) in [6.45, 7) is 5.21. The molecule has 0 saturated carbocycles. The van der Waals surface area contributed by atoms with Crippen LogP contribution in [0, 0.1) is 0 Å². The molecule has 0 atom stereocenters. The van der Waals surface area contributed by atoms with E-state index in [-0.39, 0.29) is 5.78 Å². The Morgan fingerprint density at radius 1 is 1.47 bits per heavy atom. The van der Waals surface area contributed by atoms with Crippen molar-refractivity contribution >= 4 is 12.1 Å². The highest BCUT2D eigenvalue weighted by molar-refractivity contribution is 6.10. The summed E-state index contributed by atoms with van der Waals surface area (Å²) < 4.78 is 5.04. The summed E-state index contributed by atoms with van der Waals surface area (Å²) in [5, 5.41) is 0. The average Bonchev–Trinajstić information content (AvgIpc) is 2.27. The van der Waals surface area contributed by atoms with Crippen LogP contribution in [0.15, 0.2) is 30.4 Å². The monoisotopic (exact) mass is 204 g/mol. The SMILES string of the molecule is C=C(C)C(=O)c1ccc(C=O)cc1OC. The smallest absolute Gasteiger partial charge is 0.191 e. The summed E-state index contributed by atoms with van der Waals surface area (Å²) in [4.78, 5) is 22.2. The van der Waals surface area contributed by atoms with Crippen LogP contribution in [0.3, 0.4) is 0 Å². The number of allylic oxidation sites excluding steroid dienone is 1. The lowest BCUT2D eigenvalue weighted by atomic mass is 10.0. The number of ether oxygens (including phenoxy) is 1. The fraction of sp³-hybridized carbons (Fsp3) is 0.167. The summed E-state index contributed by atoms with van der Waals surface area (Å²) >= 11 is 0. The number of rotatable bonds is 4.